The molecule has 0 bridgehead atoms. The summed E-state index contributed by atoms with van der Waals surface area (Å²) in [6.45, 7) is 7.38. The summed E-state index contributed by atoms with van der Waals surface area (Å²) in [5.74, 6) is 0.435. The van der Waals surface area contributed by atoms with Crippen LogP contribution in [0.2, 0.25) is 0 Å². The molecule has 2 rings (SSSR count). The fourth-order valence-corrected chi connectivity index (χ4v) is 2.73. The molecule has 0 spiro atoms. The minimum Gasteiger partial charge on any atom is -0.478 e. The number of rotatable bonds is 6. The predicted octanol–water partition coefficient (Wildman–Crippen LogP) is 4.00. The molecule has 4 nitrogen and oxygen atoms in total. The van der Waals surface area contributed by atoms with Crippen LogP contribution in [-0.2, 0) is 6.54 Å². The first kappa shape index (κ1) is 15.9. The van der Waals surface area contributed by atoms with Crippen LogP contribution in [-0.4, -0.2) is 32.1 Å². The Bertz CT molecular complexity index is 649. The number of hydrogen-bond donors (Lipinski definition) is 1. The summed E-state index contributed by atoms with van der Waals surface area (Å²) in [5.41, 5.74) is 2.09. The Hall–Kier alpha value is -1.49. The highest BCUT2D eigenvalue weighted by Gasteiger charge is 2.15. The van der Waals surface area contributed by atoms with Crippen molar-refractivity contribution in [1.29, 1.82) is 0 Å². The van der Waals surface area contributed by atoms with E-state index in [-0.39, 0.29) is 0 Å². The second kappa shape index (κ2) is 6.52. The van der Waals surface area contributed by atoms with Crippen molar-refractivity contribution < 1.29 is 9.90 Å². The molecule has 0 aliphatic heterocycles. The van der Waals surface area contributed by atoms with Crippen LogP contribution in [0.15, 0.2) is 18.2 Å². The molecule has 0 aliphatic carbocycles. The third-order valence-corrected chi connectivity index (χ3v) is 4.74. The maximum atomic E-state index is 11.1. The van der Waals surface area contributed by atoms with Crippen LogP contribution in [0, 0.1) is 0 Å². The Morgan fingerprint density at radius 2 is 2.10 bits per heavy atom. The Labute approximate surface area is 129 Å². The number of carboxylic acids is 1. The molecule has 0 saturated carbocycles. The number of thioether (sulfide) groups is 1. The van der Waals surface area contributed by atoms with Gasteiger partial charge in [-0.25, -0.2) is 9.78 Å². The molecule has 2 aromatic rings. The third kappa shape index (κ3) is 3.40. The van der Waals surface area contributed by atoms with E-state index in [1.807, 2.05) is 17.8 Å². The molecule has 0 saturated heterocycles. The van der Waals surface area contributed by atoms with Gasteiger partial charge in [-0.1, -0.05) is 20.8 Å². The largest absolute Gasteiger partial charge is 0.478 e. The summed E-state index contributed by atoms with van der Waals surface area (Å²) >= 11 is 1.86. The van der Waals surface area contributed by atoms with Crippen LogP contribution < -0.4 is 0 Å². The fraction of sp³-hybridized carbons (Fsp3) is 0.500. The molecule has 0 radical (unpaired) electrons. The number of aryl methyl sites for hydroxylation is 1. The number of aromatic nitrogens is 2. The van der Waals surface area contributed by atoms with E-state index in [9.17, 15) is 4.79 Å². The van der Waals surface area contributed by atoms with E-state index in [0.717, 1.165) is 29.8 Å². The highest BCUT2D eigenvalue weighted by molar-refractivity contribution is 7.99. The summed E-state index contributed by atoms with van der Waals surface area (Å²) in [6.07, 6.45) is 3.20. The van der Waals surface area contributed by atoms with Crippen molar-refractivity contribution >= 4 is 28.8 Å². The maximum absolute atomic E-state index is 11.1. The van der Waals surface area contributed by atoms with Crippen molar-refractivity contribution in [3.63, 3.8) is 0 Å². The van der Waals surface area contributed by atoms with Gasteiger partial charge >= 0.3 is 5.97 Å². The normalized spacial score (nSPS) is 13.0. The highest BCUT2D eigenvalue weighted by Crippen LogP contribution is 2.24. The van der Waals surface area contributed by atoms with Gasteiger partial charge in [0.15, 0.2) is 0 Å². The number of hydrogen-bond acceptors (Lipinski definition) is 3. The minimum absolute atomic E-state index is 0.292. The molecular formula is C16H22N2O2S. The zero-order valence-electron chi connectivity index (χ0n) is 13.0. The molecule has 21 heavy (non-hydrogen) atoms. The van der Waals surface area contributed by atoms with Gasteiger partial charge in [0.05, 0.1) is 16.6 Å². The van der Waals surface area contributed by atoms with Crippen molar-refractivity contribution in [3.05, 3.63) is 29.6 Å². The van der Waals surface area contributed by atoms with Crippen LogP contribution >= 0.6 is 11.8 Å². The van der Waals surface area contributed by atoms with E-state index in [4.69, 9.17) is 5.11 Å². The zero-order chi connectivity index (χ0) is 15.6. The first-order chi connectivity index (χ1) is 9.93. The lowest BCUT2D eigenvalue weighted by molar-refractivity contribution is 0.0697. The van der Waals surface area contributed by atoms with Crippen molar-refractivity contribution in [2.75, 3.05) is 6.26 Å². The van der Waals surface area contributed by atoms with Gasteiger partial charge in [0.1, 0.15) is 5.82 Å². The number of nitrogens with zero attached hydrogens (tertiary/aromatic N) is 2. The van der Waals surface area contributed by atoms with Gasteiger partial charge in [-0.15, -0.1) is 0 Å². The van der Waals surface area contributed by atoms with Crippen LogP contribution in [0.1, 0.15) is 49.3 Å². The standard InChI is InChI=1S/C16H22N2O2S/c1-10(2)15-17-13-9-12(16(19)20)5-6-14(13)18(15)8-7-11(3)21-4/h5-6,9-11H,7-8H2,1-4H3,(H,19,20). The number of fused-ring (bicyclic) bond motifs is 1. The molecule has 5 heteroatoms. The van der Waals surface area contributed by atoms with Gasteiger partial charge in [-0.2, -0.15) is 11.8 Å². The van der Waals surface area contributed by atoms with Crippen LogP contribution in [0.3, 0.4) is 0 Å². The summed E-state index contributed by atoms with van der Waals surface area (Å²) in [6, 6.07) is 5.20. The van der Waals surface area contributed by atoms with E-state index in [1.165, 1.54) is 0 Å². The van der Waals surface area contributed by atoms with Gasteiger partial charge in [-0.05, 0) is 30.9 Å². The fourth-order valence-electron chi connectivity index (χ4n) is 2.39. The molecule has 1 unspecified atom stereocenters. The number of benzene rings is 1. The van der Waals surface area contributed by atoms with Crippen molar-refractivity contribution in [2.45, 2.75) is 44.9 Å². The molecule has 114 valence electrons. The average molecular weight is 306 g/mol. The lowest BCUT2D eigenvalue weighted by atomic mass is 10.2. The van der Waals surface area contributed by atoms with Crippen molar-refractivity contribution in [2.24, 2.45) is 0 Å². The monoisotopic (exact) mass is 306 g/mol. The molecule has 1 aromatic heterocycles. The molecule has 1 aromatic carbocycles. The molecule has 1 N–H and O–H groups in total. The second-order valence-corrected chi connectivity index (χ2v) is 6.90. The molecule has 0 amide bonds. The Morgan fingerprint density at radius 3 is 2.67 bits per heavy atom. The smallest absolute Gasteiger partial charge is 0.335 e. The van der Waals surface area contributed by atoms with Gasteiger partial charge in [0.25, 0.3) is 0 Å². The average Bonchev–Trinajstić information content (AvgIpc) is 2.82. The van der Waals surface area contributed by atoms with Crippen LogP contribution in [0.4, 0.5) is 0 Å². The zero-order valence-corrected chi connectivity index (χ0v) is 13.8. The molecule has 1 heterocycles. The van der Waals surface area contributed by atoms with E-state index in [0.29, 0.717) is 16.7 Å². The Morgan fingerprint density at radius 1 is 1.38 bits per heavy atom. The second-order valence-electron chi connectivity index (χ2n) is 5.62. The summed E-state index contributed by atoms with van der Waals surface area (Å²) in [5, 5.41) is 9.70. The topological polar surface area (TPSA) is 55.1 Å². The van der Waals surface area contributed by atoms with E-state index < -0.39 is 5.97 Å². The molecule has 0 aliphatic rings. The van der Waals surface area contributed by atoms with Crippen LogP contribution in [0.5, 0.6) is 0 Å². The van der Waals surface area contributed by atoms with Crippen LogP contribution in [0.25, 0.3) is 11.0 Å². The molecular weight excluding hydrogens is 284 g/mol. The maximum Gasteiger partial charge on any atom is 0.335 e. The third-order valence-electron chi connectivity index (χ3n) is 3.70. The number of imidazole rings is 1. The summed E-state index contributed by atoms with van der Waals surface area (Å²) in [4.78, 5) is 15.7. The Kier molecular flexibility index (Phi) is 4.93. The number of aromatic carboxylic acids is 1. The van der Waals surface area contributed by atoms with Crippen molar-refractivity contribution in [1.82, 2.24) is 9.55 Å². The lowest BCUT2D eigenvalue weighted by Gasteiger charge is -2.14. The molecule has 0 fully saturated rings. The summed E-state index contributed by atoms with van der Waals surface area (Å²) < 4.78 is 2.23. The van der Waals surface area contributed by atoms with Gasteiger partial charge in [0.2, 0.25) is 0 Å². The number of carbonyl (C=O) groups is 1. The Balaban J connectivity index is 2.45. The lowest BCUT2D eigenvalue weighted by Crippen LogP contribution is -2.09. The van der Waals surface area contributed by atoms with Gasteiger partial charge < -0.3 is 9.67 Å². The first-order valence-corrected chi connectivity index (χ1v) is 8.49. The predicted molar refractivity (Wildman–Crippen MR) is 88.4 cm³/mol. The molecule has 1 atom stereocenters. The van der Waals surface area contributed by atoms with E-state index >= 15 is 0 Å². The van der Waals surface area contributed by atoms with Gasteiger partial charge in [0, 0.05) is 17.7 Å². The first-order valence-electron chi connectivity index (χ1n) is 7.20. The highest BCUT2D eigenvalue weighted by atomic mass is 32.2. The van der Waals surface area contributed by atoms with E-state index in [1.54, 1.807) is 12.1 Å². The summed E-state index contributed by atoms with van der Waals surface area (Å²) in [7, 11) is 0. The number of carboxylic acid groups (broad SMARTS) is 1. The SMILES string of the molecule is CSC(C)CCn1c(C(C)C)nc2cc(C(=O)O)ccc21. The van der Waals surface area contributed by atoms with E-state index in [2.05, 4.69) is 36.6 Å². The van der Waals surface area contributed by atoms with Gasteiger partial charge in [-0.3, -0.25) is 0 Å². The minimum atomic E-state index is -0.909. The van der Waals surface area contributed by atoms with Crippen molar-refractivity contribution in [3.8, 4) is 0 Å². The quantitative estimate of drug-likeness (QED) is 0.876.